The predicted octanol–water partition coefficient (Wildman–Crippen LogP) is 3.90. The van der Waals surface area contributed by atoms with Crippen molar-refractivity contribution in [1.29, 1.82) is 0 Å². The molecule has 2 heterocycles. The van der Waals surface area contributed by atoms with Crippen molar-refractivity contribution in [3.63, 3.8) is 0 Å². The third-order valence-electron chi connectivity index (χ3n) is 3.06. The number of carboxylic acid groups (broad SMARTS) is 1. The topological polar surface area (TPSA) is 63.1 Å². The molecule has 0 aliphatic heterocycles. The van der Waals surface area contributed by atoms with Gasteiger partial charge in [-0.25, -0.2) is 14.2 Å². The zero-order chi connectivity index (χ0) is 15.0. The number of hydrogen-bond acceptors (Lipinski definition) is 3. The third kappa shape index (κ3) is 2.50. The Morgan fingerprint density at radius 1 is 1.19 bits per heavy atom. The van der Waals surface area contributed by atoms with Gasteiger partial charge in [-0.2, -0.15) is 0 Å². The van der Waals surface area contributed by atoms with Crippen molar-refractivity contribution in [3.05, 3.63) is 58.6 Å². The predicted molar refractivity (Wildman–Crippen MR) is 79.6 cm³/mol. The second-order valence-electron chi connectivity index (χ2n) is 4.38. The number of halogens is 2. The zero-order valence-corrected chi connectivity index (χ0v) is 12.1. The fraction of sp³-hybridized carbons (Fsp3) is 0. The highest BCUT2D eigenvalue weighted by atomic mass is 79.9. The first kappa shape index (κ1) is 13.6. The molecule has 0 aliphatic rings. The molecule has 3 rings (SSSR count). The van der Waals surface area contributed by atoms with E-state index in [1.807, 2.05) is 0 Å². The number of nitrogens with zero attached hydrogens (tertiary/aromatic N) is 2. The minimum Gasteiger partial charge on any atom is -0.478 e. The van der Waals surface area contributed by atoms with Crippen LogP contribution in [0.4, 0.5) is 4.39 Å². The summed E-state index contributed by atoms with van der Waals surface area (Å²) in [5.41, 5.74) is 1.55. The number of aromatic nitrogens is 2. The van der Waals surface area contributed by atoms with Gasteiger partial charge in [0.1, 0.15) is 5.82 Å². The van der Waals surface area contributed by atoms with Gasteiger partial charge in [-0.15, -0.1) is 0 Å². The molecule has 6 heteroatoms. The van der Waals surface area contributed by atoms with Crippen molar-refractivity contribution < 1.29 is 14.3 Å². The van der Waals surface area contributed by atoms with Crippen molar-refractivity contribution in [2.75, 3.05) is 0 Å². The molecule has 104 valence electrons. The number of hydrogen-bond donors (Lipinski definition) is 1. The monoisotopic (exact) mass is 346 g/mol. The van der Waals surface area contributed by atoms with Crippen LogP contribution in [0, 0.1) is 5.82 Å². The molecular weight excluding hydrogens is 339 g/mol. The summed E-state index contributed by atoms with van der Waals surface area (Å²) in [7, 11) is 0. The molecule has 0 saturated carbocycles. The maximum Gasteiger partial charge on any atom is 0.336 e. The minimum absolute atomic E-state index is 0.0764. The van der Waals surface area contributed by atoms with Crippen molar-refractivity contribution >= 4 is 32.8 Å². The molecule has 0 radical (unpaired) electrons. The number of fused-ring (bicyclic) bond motifs is 1. The molecule has 0 fully saturated rings. The highest BCUT2D eigenvalue weighted by molar-refractivity contribution is 9.10. The largest absolute Gasteiger partial charge is 0.478 e. The van der Waals surface area contributed by atoms with Gasteiger partial charge in [-0.1, -0.05) is 0 Å². The van der Waals surface area contributed by atoms with Crippen LogP contribution in [0.25, 0.3) is 22.2 Å². The molecule has 0 atom stereocenters. The number of carboxylic acids is 1. The van der Waals surface area contributed by atoms with E-state index in [2.05, 4.69) is 25.9 Å². The smallest absolute Gasteiger partial charge is 0.336 e. The fourth-order valence-corrected chi connectivity index (χ4v) is 2.41. The number of aromatic carboxylic acids is 1. The lowest BCUT2D eigenvalue weighted by Gasteiger charge is -2.08. The first-order valence-corrected chi connectivity index (χ1v) is 6.79. The highest BCUT2D eigenvalue weighted by Gasteiger charge is 2.15. The van der Waals surface area contributed by atoms with E-state index in [1.165, 1.54) is 18.2 Å². The van der Waals surface area contributed by atoms with Crippen LogP contribution in [0.2, 0.25) is 0 Å². The van der Waals surface area contributed by atoms with Gasteiger partial charge in [0.25, 0.3) is 0 Å². The summed E-state index contributed by atoms with van der Waals surface area (Å²) < 4.78 is 13.9. The van der Waals surface area contributed by atoms with Crippen LogP contribution in [0.3, 0.4) is 0 Å². The van der Waals surface area contributed by atoms with Crippen LogP contribution >= 0.6 is 15.9 Å². The molecule has 21 heavy (non-hydrogen) atoms. The zero-order valence-electron chi connectivity index (χ0n) is 10.5. The van der Waals surface area contributed by atoms with Gasteiger partial charge in [-0.3, -0.25) is 4.98 Å². The molecule has 0 saturated heterocycles. The maximum absolute atomic E-state index is 13.7. The number of benzene rings is 1. The summed E-state index contributed by atoms with van der Waals surface area (Å²) in [6.45, 7) is 0. The van der Waals surface area contributed by atoms with E-state index in [0.29, 0.717) is 16.6 Å². The Kier molecular flexibility index (Phi) is 3.39. The molecule has 0 bridgehead atoms. The Morgan fingerprint density at radius 2 is 1.90 bits per heavy atom. The van der Waals surface area contributed by atoms with E-state index in [0.717, 1.165) is 5.56 Å². The molecule has 2 aromatic heterocycles. The summed E-state index contributed by atoms with van der Waals surface area (Å²) in [4.78, 5) is 19.7. The normalized spacial score (nSPS) is 10.8. The Bertz CT molecular complexity index is 853. The minimum atomic E-state index is -1.09. The van der Waals surface area contributed by atoms with E-state index >= 15 is 0 Å². The highest BCUT2D eigenvalue weighted by Crippen LogP contribution is 2.28. The maximum atomic E-state index is 13.7. The summed E-state index contributed by atoms with van der Waals surface area (Å²) in [6.07, 6.45) is 3.17. The summed E-state index contributed by atoms with van der Waals surface area (Å²) in [5, 5.41) is 9.75. The Balaban J connectivity index is 2.35. The van der Waals surface area contributed by atoms with E-state index in [1.54, 1.807) is 24.5 Å². The van der Waals surface area contributed by atoms with Crippen LogP contribution in [0.5, 0.6) is 0 Å². The molecule has 4 nitrogen and oxygen atoms in total. The van der Waals surface area contributed by atoms with Gasteiger partial charge in [0, 0.05) is 29.4 Å². The molecule has 0 unspecified atom stereocenters. The summed E-state index contributed by atoms with van der Waals surface area (Å²) in [5.74, 6) is -1.57. The number of carbonyl (C=O) groups is 1. The van der Waals surface area contributed by atoms with Gasteiger partial charge in [0.15, 0.2) is 0 Å². The second-order valence-corrected chi connectivity index (χ2v) is 5.23. The van der Waals surface area contributed by atoms with Gasteiger partial charge < -0.3 is 5.11 Å². The molecule has 0 spiro atoms. The van der Waals surface area contributed by atoms with Crippen LogP contribution < -0.4 is 0 Å². The fourth-order valence-electron chi connectivity index (χ4n) is 2.07. The molecule has 0 amide bonds. The first-order valence-electron chi connectivity index (χ1n) is 6.00. The third-order valence-corrected chi connectivity index (χ3v) is 3.66. The summed E-state index contributed by atoms with van der Waals surface area (Å²) >= 11 is 3.06. The lowest BCUT2D eigenvalue weighted by molar-refractivity contribution is 0.0699. The van der Waals surface area contributed by atoms with Crippen molar-refractivity contribution in [3.8, 4) is 11.3 Å². The van der Waals surface area contributed by atoms with Crippen molar-refractivity contribution in [2.24, 2.45) is 0 Å². The Labute approximate surface area is 127 Å². The van der Waals surface area contributed by atoms with Crippen molar-refractivity contribution in [2.45, 2.75) is 0 Å². The molecule has 1 N–H and O–H groups in total. The lowest BCUT2D eigenvalue weighted by atomic mass is 10.0. The summed E-state index contributed by atoms with van der Waals surface area (Å²) in [6, 6.07) is 7.56. The molecule has 3 aromatic rings. The van der Waals surface area contributed by atoms with Gasteiger partial charge >= 0.3 is 5.97 Å². The molecule has 1 aromatic carbocycles. The van der Waals surface area contributed by atoms with Crippen molar-refractivity contribution in [1.82, 2.24) is 9.97 Å². The van der Waals surface area contributed by atoms with Gasteiger partial charge in [0.2, 0.25) is 0 Å². The van der Waals surface area contributed by atoms with Crippen LogP contribution in [-0.4, -0.2) is 21.0 Å². The van der Waals surface area contributed by atoms with E-state index in [4.69, 9.17) is 0 Å². The number of pyridine rings is 2. The van der Waals surface area contributed by atoms with Gasteiger partial charge in [0.05, 0.1) is 21.2 Å². The van der Waals surface area contributed by atoms with Crippen LogP contribution in [0.15, 0.2) is 47.2 Å². The number of rotatable bonds is 2. The van der Waals surface area contributed by atoms with Crippen LogP contribution in [-0.2, 0) is 0 Å². The van der Waals surface area contributed by atoms with E-state index in [9.17, 15) is 14.3 Å². The van der Waals surface area contributed by atoms with E-state index < -0.39 is 11.8 Å². The first-order chi connectivity index (χ1) is 10.1. The van der Waals surface area contributed by atoms with Crippen LogP contribution in [0.1, 0.15) is 10.4 Å². The van der Waals surface area contributed by atoms with Gasteiger partial charge in [-0.05, 0) is 40.2 Å². The lowest BCUT2D eigenvalue weighted by Crippen LogP contribution is -2.01. The molecule has 0 aliphatic carbocycles. The quantitative estimate of drug-likeness (QED) is 0.764. The molecular formula is C15H8BrFN2O2. The Morgan fingerprint density at radius 3 is 2.57 bits per heavy atom. The standard InChI is InChI=1S/C15H8BrFN2O2/c16-11-5-9-10(15(20)21)6-13(8-1-3-18-4-2-8)19-14(9)7-12(11)17/h1-7H,(H,20,21). The second kappa shape index (κ2) is 5.21. The average Bonchev–Trinajstić information content (AvgIpc) is 2.48. The average molecular weight is 347 g/mol. The van der Waals surface area contributed by atoms with E-state index in [-0.39, 0.29) is 10.0 Å². The SMILES string of the molecule is O=C(O)c1cc(-c2ccncc2)nc2cc(F)c(Br)cc12. The Hall–Kier alpha value is -2.34.